The number of carbonyl (C=O) groups excluding carboxylic acids is 3. The molecule has 0 aromatic heterocycles. The normalized spacial score (nSPS) is 32.0. The van der Waals surface area contributed by atoms with E-state index in [4.69, 9.17) is 9.47 Å². The SMILES string of the molecule is CC(C)(C)OC(=O)N1CCN(C(=O)C2C(C(=O)[O-])[C@@H]3CC[C@H]2O3)CC1. The maximum absolute atomic E-state index is 12.8. The van der Waals surface area contributed by atoms with E-state index in [0.717, 1.165) is 0 Å². The van der Waals surface area contributed by atoms with E-state index < -0.39 is 35.6 Å². The third kappa shape index (κ3) is 3.58. The maximum Gasteiger partial charge on any atom is 0.410 e. The summed E-state index contributed by atoms with van der Waals surface area (Å²) < 4.78 is 11.0. The van der Waals surface area contributed by atoms with Gasteiger partial charge in [-0.25, -0.2) is 4.79 Å². The number of piperazine rings is 1. The van der Waals surface area contributed by atoms with Crippen LogP contribution in [0.15, 0.2) is 0 Å². The molecule has 0 saturated carbocycles. The third-order valence-electron chi connectivity index (χ3n) is 5.07. The Morgan fingerprint density at radius 2 is 1.48 bits per heavy atom. The molecule has 8 heteroatoms. The minimum Gasteiger partial charge on any atom is -0.550 e. The largest absolute Gasteiger partial charge is 0.550 e. The van der Waals surface area contributed by atoms with E-state index in [0.29, 0.717) is 39.0 Å². The first-order chi connectivity index (χ1) is 11.7. The summed E-state index contributed by atoms with van der Waals surface area (Å²) in [4.78, 5) is 39.6. The number of fused-ring (bicyclic) bond motifs is 2. The molecule has 3 fully saturated rings. The van der Waals surface area contributed by atoms with Crippen LogP contribution in [-0.2, 0) is 19.1 Å². The molecule has 0 aliphatic carbocycles. The summed E-state index contributed by atoms with van der Waals surface area (Å²) in [6.07, 6.45) is 0.245. The molecule has 3 aliphatic rings. The maximum atomic E-state index is 12.8. The second-order valence-corrected chi connectivity index (χ2v) is 7.95. The second kappa shape index (κ2) is 6.48. The van der Waals surface area contributed by atoms with Crippen molar-refractivity contribution in [3.63, 3.8) is 0 Å². The minimum absolute atomic E-state index is 0.203. The Hall–Kier alpha value is -1.83. The average molecular weight is 353 g/mol. The quantitative estimate of drug-likeness (QED) is 0.670. The van der Waals surface area contributed by atoms with E-state index in [1.165, 1.54) is 0 Å². The Bertz CT molecular complexity index is 564. The van der Waals surface area contributed by atoms with Crippen molar-refractivity contribution in [1.29, 1.82) is 0 Å². The lowest BCUT2D eigenvalue weighted by Crippen LogP contribution is -2.55. The Morgan fingerprint density at radius 1 is 0.960 bits per heavy atom. The monoisotopic (exact) mass is 353 g/mol. The summed E-state index contributed by atoms with van der Waals surface area (Å²) in [5.41, 5.74) is -0.563. The van der Waals surface area contributed by atoms with Gasteiger partial charge >= 0.3 is 6.09 Å². The van der Waals surface area contributed by atoms with Crippen LogP contribution in [0, 0.1) is 11.8 Å². The highest BCUT2D eigenvalue weighted by molar-refractivity contribution is 5.86. The van der Waals surface area contributed by atoms with Gasteiger partial charge in [-0.05, 0) is 33.6 Å². The predicted molar refractivity (Wildman–Crippen MR) is 84.3 cm³/mol. The standard InChI is InChI=1S/C17H26N2O6/c1-17(2,3)25-16(23)19-8-6-18(7-9-19)14(20)12-10-4-5-11(24-10)13(12)15(21)22/h10-13H,4-9H2,1-3H3,(H,21,22)/p-1/t10-,11+,12?,13?/m1/s1. The van der Waals surface area contributed by atoms with Crippen LogP contribution < -0.4 is 5.11 Å². The van der Waals surface area contributed by atoms with Crippen molar-refractivity contribution in [1.82, 2.24) is 9.80 Å². The fraction of sp³-hybridized carbons (Fsp3) is 0.824. The Balaban J connectivity index is 1.59. The van der Waals surface area contributed by atoms with Gasteiger partial charge in [-0.2, -0.15) is 0 Å². The topological polar surface area (TPSA) is 99.2 Å². The van der Waals surface area contributed by atoms with Gasteiger partial charge in [0.2, 0.25) is 5.91 Å². The summed E-state index contributed by atoms with van der Waals surface area (Å²) in [5.74, 6) is -2.95. The molecular weight excluding hydrogens is 328 g/mol. The lowest BCUT2D eigenvalue weighted by Gasteiger charge is -2.38. The van der Waals surface area contributed by atoms with Gasteiger partial charge in [0.15, 0.2) is 0 Å². The lowest BCUT2D eigenvalue weighted by molar-refractivity contribution is -0.314. The van der Waals surface area contributed by atoms with E-state index in [-0.39, 0.29) is 12.0 Å². The highest BCUT2D eigenvalue weighted by atomic mass is 16.6. The van der Waals surface area contributed by atoms with Gasteiger partial charge in [-0.3, -0.25) is 4.79 Å². The summed E-state index contributed by atoms with van der Waals surface area (Å²) in [7, 11) is 0. The molecular formula is C17H25N2O6-. The molecule has 0 radical (unpaired) electrons. The smallest absolute Gasteiger partial charge is 0.410 e. The second-order valence-electron chi connectivity index (χ2n) is 7.95. The molecule has 2 unspecified atom stereocenters. The van der Waals surface area contributed by atoms with Crippen LogP contribution in [0.3, 0.4) is 0 Å². The van der Waals surface area contributed by atoms with E-state index in [2.05, 4.69) is 0 Å². The first kappa shape index (κ1) is 18.0. The minimum atomic E-state index is -1.21. The first-order valence-electron chi connectivity index (χ1n) is 8.80. The summed E-state index contributed by atoms with van der Waals surface area (Å²) in [5, 5.41) is 11.4. The molecule has 0 aromatic carbocycles. The van der Waals surface area contributed by atoms with Crippen molar-refractivity contribution in [2.24, 2.45) is 11.8 Å². The first-order valence-corrected chi connectivity index (χ1v) is 8.80. The van der Waals surface area contributed by atoms with Crippen LogP contribution in [0.2, 0.25) is 0 Å². The number of aliphatic carboxylic acids is 1. The van der Waals surface area contributed by atoms with Crippen LogP contribution in [0.4, 0.5) is 4.79 Å². The van der Waals surface area contributed by atoms with Gasteiger partial charge in [0.25, 0.3) is 0 Å². The fourth-order valence-electron chi connectivity index (χ4n) is 3.94. The van der Waals surface area contributed by atoms with E-state index in [1.54, 1.807) is 30.6 Å². The van der Waals surface area contributed by atoms with E-state index in [1.807, 2.05) is 0 Å². The number of carboxylic acids is 1. The van der Waals surface area contributed by atoms with Gasteiger partial charge in [-0.1, -0.05) is 0 Å². The molecule has 3 rings (SSSR count). The highest BCUT2D eigenvalue weighted by Gasteiger charge is 2.53. The summed E-state index contributed by atoms with van der Waals surface area (Å²) in [6.45, 7) is 6.90. The molecule has 140 valence electrons. The predicted octanol–water partition coefficient (Wildman–Crippen LogP) is -0.391. The van der Waals surface area contributed by atoms with Crippen LogP contribution in [0.25, 0.3) is 0 Å². The number of rotatable bonds is 2. The van der Waals surface area contributed by atoms with Gasteiger partial charge in [-0.15, -0.1) is 0 Å². The number of amides is 2. The third-order valence-corrected chi connectivity index (χ3v) is 5.07. The number of hydrogen-bond donors (Lipinski definition) is 0. The van der Waals surface area contributed by atoms with Crippen molar-refractivity contribution >= 4 is 18.0 Å². The molecule has 3 aliphatic heterocycles. The van der Waals surface area contributed by atoms with E-state index >= 15 is 0 Å². The summed E-state index contributed by atoms with van der Waals surface area (Å²) >= 11 is 0. The number of hydrogen-bond acceptors (Lipinski definition) is 6. The van der Waals surface area contributed by atoms with Crippen LogP contribution in [0.5, 0.6) is 0 Å². The molecule has 4 atom stereocenters. The van der Waals surface area contributed by atoms with Crippen molar-refractivity contribution in [3.05, 3.63) is 0 Å². The molecule has 3 saturated heterocycles. The van der Waals surface area contributed by atoms with Crippen molar-refractivity contribution in [2.45, 2.75) is 51.4 Å². The molecule has 25 heavy (non-hydrogen) atoms. The number of carboxylic acid groups (broad SMARTS) is 1. The Kier molecular flexibility index (Phi) is 4.66. The van der Waals surface area contributed by atoms with Crippen molar-refractivity contribution in [3.8, 4) is 0 Å². The van der Waals surface area contributed by atoms with E-state index in [9.17, 15) is 19.5 Å². The molecule has 8 nitrogen and oxygen atoms in total. The molecule has 0 aromatic rings. The lowest BCUT2D eigenvalue weighted by atomic mass is 9.78. The van der Waals surface area contributed by atoms with Crippen LogP contribution >= 0.6 is 0 Å². The molecule has 0 spiro atoms. The van der Waals surface area contributed by atoms with Crippen molar-refractivity contribution in [2.75, 3.05) is 26.2 Å². The molecule has 3 heterocycles. The number of ether oxygens (including phenoxy) is 2. The molecule has 0 N–H and O–H groups in total. The number of carbonyl (C=O) groups is 3. The van der Waals surface area contributed by atoms with Crippen LogP contribution in [0.1, 0.15) is 33.6 Å². The molecule has 2 bridgehead atoms. The Morgan fingerprint density at radius 3 is 2.00 bits per heavy atom. The van der Waals surface area contributed by atoms with Gasteiger partial charge in [0.05, 0.1) is 18.1 Å². The average Bonchev–Trinajstić information content (AvgIpc) is 3.13. The zero-order chi connectivity index (χ0) is 18.4. The zero-order valence-electron chi connectivity index (χ0n) is 14.9. The summed E-state index contributed by atoms with van der Waals surface area (Å²) in [6, 6.07) is 0. The number of nitrogens with zero attached hydrogens (tertiary/aromatic N) is 2. The Labute approximate surface area is 147 Å². The van der Waals surface area contributed by atoms with Crippen molar-refractivity contribution < 1.29 is 29.0 Å². The van der Waals surface area contributed by atoms with Gasteiger partial charge < -0.3 is 29.2 Å². The zero-order valence-corrected chi connectivity index (χ0v) is 14.9. The van der Waals surface area contributed by atoms with Crippen LogP contribution in [-0.4, -0.2) is 71.8 Å². The molecule has 2 amide bonds. The van der Waals surface area contributed by atoms with Gasteiger partial charge in [0, 0.05) is 38.1 Å². The highest BCUT2D eigenvalue weighted by Crippen LogP contribution is 2.44. The van der Waals surface area contributed by atoms with Gasteiger partial charge in [0.1, 0.15) is 5.60 Å². The fourth-order valence-corrected chi connectivity index (χ4v) is 3.94.